The molecule has 0 amide bonds. The van der Waals surface area contributed by atoms with Crippen LogP contribution in [-0.2, 0) is 0 Å². The van der Waals surface area contributed by atoms with Crippen LogP contribution in [0.3, 0.4) is 0 Å². The molecule has 1 fully saturated rings. The van der Waals surface area contributed by atoms with Gasteiger partial charge in [0.2, 0.25) is 0 Å². The first kappa shape index (κ1) is 14.7. The second-order valence-electron chi connectivity index (χ2n) is 5.81. The molecule has 21 heavy (non-hydrogen) atoms. The van der Waals surface area contributed by atoms with Gasteiger partial charge in [0.25, 0.3) is 0 Å². The highest BCUT2D eigenvalue weighted by molar-refractivity contribution is 7.99. The van der Waals surface area contributed by atoms with Crippen LogP contribution >= 0.6 is 11.8 Å². The topological polar surface area (TPSA) is 21.1 Å². The lowest BCUT2D eigenvalue weighted by Gasteiger charge is -2.37. The van der Waals surface area contributed by atoms with E-state index in [9.17, 15) is 0 Å². The van der Waals surface area contributed by atoms with Crippen molar-refractivity contribution in [2.24, 2.45) is 5.92 Å². The smallest absolute Gasteiger partial charge is 0.0949 e. The Kier molecular flexibility index (Phi) is 4.99. The van der Waals surface area contributed by atoms with Crippen molar-refractivity contribution in [1.82, 2.24) is 14.5 Å². The zero-order valence-corrected chi connectivity index (χ0v) is 13.4. The van der Waals surface area contributed by atoms with Crippen LogP contribution in [-0.4, -0.2) is 39.8 Å². The molecule has 4 heteroatoms. The zero-order chi connectivity index (χ0) is 14.5. The van der Waals surface area contributed by atoms with E-state index in [1.54, 1.807) is 0 Å². The fraction of sp³-hybridized carbons (Fsp3) is 0.471. The monoisotopic (exact) mass is 301 g/mol. The van der Waals surface area contributed by atoms with E-state index in [1.807, 2.05) is 24.3 Å². The lowest BCUT2D eigenvalue weighted by atomic mass is 9.93. The molecular formula is C17H23N3S. The first-order valence-electron chi connectivity index (χ1n) is 7.70. The van der Waals surface area contributed by atoms with Crippen LogP contribution in [0.25, 0.3) is 0 Å². The first-order valence-corrected chi connectivity index (χ1v) is 8.69. The summed E-state index contributed by atoms with van der Waals surface area (Å²) in [6, 6.07) is 11.3. The summed E-state index contributed by atoms with van der Waals surface area (Å²) in [5.74, 6) is 1.90. The maximum atomic E-state index is 4.20. The highest BCUT2D eigenvalue weighted by Gasteiger charge is 2.26. The summed E-state index contributed by atoms with van der Waals surface area (Å²) < 4.78 is 2.28. The van der Waals surface area contributed by atoms with E-state index in [-0.39, 0.29) is 0 Å². The minimum atomic E-state index is 0.572. The first-order chi connectivity index (χ1) is 10.3. The molecule has 0 N–H and O–H groups in total. The molecule has 112 valence electrons. The van der Waals surface area contributed by atoms with Crippen molar-refractivity contribution in [2.45, 2.75) is 24.3 Å². The number of hydrogen-bond acceptors (Lipinski definition) is 3. The van der Waals surface area contributed by atoms with Gasteiger partial charge in [0, 0.05) is 42.2 Å². The Hall–Kier alpha value is -1.26. The average Bonchev–Trinajstić information content (AvgIpc) is 3.04. The highest BCUT2D eigenvalue weighted by atomic mass is 32.2. The van der Waals surface area contributed by atoms with Crippen molar-refractivity contribution in [2.75, 3.05) is 25.4 Å². The van der Waals surface area contributed by atoms with Crippen molar-refractivity contribution in [3.8, 4) is 0 Å². The van der Waals surface area contributed by atoms with E-state index in [4.69, 9.17) is 0 Å². The number of likely N-dealkylation sites (tertiary alicyclic amines) is 1. The summed E-state index contributed by atoms with van der Waals surface area (Å²) in [6.07, 6.45) is 7.22. The minimum Gasteiger partial charge on any atom is -0.333 e. The van der Waals surface area contributed by atoms with Gasteiger partial charge >= 0.3 is 0 Å². The van der Waals surface area contributed by atoms with Gasteiger partial charge in [0.05, 0.1) is 6.33 Å². The Morgan fingerprint density at radius 1 is 1.29 bits per heavy atom. The third-order valence-corrected chi connectivity index (χ3v) is 5.32. The largest absolute Gasteiger partial charge is 0.333 e. The van der Waals surface area contributed by atoms with Crippen LogP contribution in [0, 0.1) is 5.92 Å². The number of piperidine rings is 1. The third kappa shape index (κ3) is 3.89. The standard InChI is InChI=1S/C17H23N3S/c1-15-7-9-19(13-17(15)20-10-8-18-14-20)11-12-21-16-5-3-2-4-6-16/h2-6,8,10,14-15,17H,7,9,11-13H2,1H3/t15-,17+/m0/s1. The van der Waals surface area contributed by atoms with Gasteiger partial charge in [-0.1, -0.05) is 25.1 Å². The van der Waals surface area contributed by atoms with Gasteiger partial charge in [0.1, 0.15) is 0 Å². The normalized spacial score (nSPS) is 23.3. The minimum absolute atomic E-state index is 0.572. The lowest BCUT2D eigenvalue weighted by Crippen LogP contribution is -2.41. The molecule has 0 bridgehead atoms. The Bertz CT molecular complexity index is 526. The van der Waals surface area contributed by atoms with Crippen molar-refractivity contribution >= 4 is 11.8 Å². The van der Waals surface area contributed by atoms with Crippen LogP contribution in [0.15, 0.2) is 53.9 Å². The van der Waals surface area contributed by atoms with Gasteiger partial charge in [-0.25, -0.2) is 4.98 Å². The summed E-state index contributed by atoms with van der Waals surface area (Å²) >= 11 is 1.95. The fourth-order valence-corrected chi connectivity index (χ4v) is 3.92. The Labute approximate surface area is 131 Å². The fourth-order valence-electron chi connectivity index (χ4n) is 2.98. The molecule has 3 nitrogen and oxygen atoms in total. The van der Waals surface area contributed by atoms with Crippen LogP contribution < -0.4 is 0 Å². The quantitative estimate of drug-likeness (QED) is 0.788. The molecule has 0 saturated carbocycles. The predicted octanol–water partition coefficient (Wildman–Crippen LogP) is 3.56. The second-order valence-corrected chi connectivity index (χ2v) is 6.97. The number of hydrogen-bond donors (Lipinski definition) is 0. The summed E-state index contributed by atoms with van der Waals surface area (Å²) in [5, 5.41) is 0. The summed E-state index contributed by atoms with van der Waals surface area (Å²) in [4.78, 5) is 8.17. The van der Waals surface area contributed by atoms with Crippen LogP contribution in [0.4, 0.5) is 0 Å². The predicted molar refractivity (Wildman–Crippen MR) is 88.7 cm³/mol. The summed E-state index contributed by atoms with van der Waals surface area (Å²) in [6.45, 7) is 5.90. The van der Waals surface area contributed by atoms with E-state index in [0.717, 1.165) is 24.8 Å². The number of thioether (sulfide) groups is 1. The van der Waals surface area contributed by atoms with Crippen molar-refractivity contribution in [1.29, 1.82) is 0 Å². The molecule has 1 aromatic heterocycles. The molecule has 0 unspecified atom stereocenters. The van der Waals surface area contributed by atoms with Crippen LogP contribution in [0.1, 0.15) is 19.4 Å². The molecular weight excluding hydrogens is 278 g/mol. The van der Waals surface area contributed by atoms with E-state index in [2.05, 4.69) is 57.9 Å². The maximum Gasteiger partial charge on any atom is 0.0949 e. The number of aromatic nitrogens is 2. The molecule has 2 heterocycles. The van der Waals surface area contributed by atoms with Crippen molar-refractivity contribution in [3.63, 3.8) is 0 Å². The summed E-state index contributed by atoms with van der Waals surface area (Å²) in [7, 11) is 0. The van der Waals surface area contributed by atoms with Crippen LogP contribution in [0.2, 0.25) is 0 Å². The number of nitrogens with zero attached hydrogens (tertiary/aromatic N) is 3. The maximum absolute atomic E-state index is 4.20. The van der Waals surface area contributed by atoms with Gasteiger partial charge in [-0.3, -0.25) is 0 Å². The van der Waals surface area contributed by atoms with E-state index >= 15 is 0 Å². The molecule has 0 aliphatic carbocycles. The van der Waals surface area contributed by atoms with Gasteiger partial charge in [-0.2, -0.15) is 0 Å². The van der Waals surface area contributed by atoms with Crippen molar-refractivity contribution < 1.29 is 0 Å². The molecule has 2 atom stereocenters. The Balaban J connectivity index is 1.50. The van der Waals surface area contributed by atoms with Crippen LogP contribution in [0.5, 0.6) is 0 Å². The number of imidazole rings is 1. The molecule has 2 aromatic rings. The number of rotatable bonds is 5. The van der Waals surface area contributed by atoms with Crippen molar-refractivity contribution in [3.05, 3.63) is 49.1 Å². The van der Waals surface area contributed by atoms with Gasteiger partial charge in [0.15, 0.2) is 0 Å². The lowest BCUT2D eigenvalue weighted by molar-refractivity contribution is 0.139. The molecule has 3 rings (SSSR count). The Morgan fingerprint density at radius 2 is 2.14 bits per heavy atom. The average molecular weight is 301 g/mol. The zero-order valence-electron chi connectivity index (χ0n) is 12.6. The molecule has 0 spiro atoms. The molecule has 1 saturated heterocycles. The Morgan fingerprint density at radius 3 is 2.90 bits per heavy atom. The highest BCUT2D eigenvalue weighted by Crippen LogP contribution is 2.27. The number of benzene rings is 1. The summed E-state index contributed by atoms with van der Waals surface area (Å²) in [5.41, 5.74) is 0. The molecule has 0 radical (unpaired) electrons. The SMILES string of the molecule is C[C@H]1CCN(CCSc2ccccc2)C[C@H]1n1ccnc1. The second kappa shape index (κ2) is 7.14. The molecule has 1 aromatic carbocycles. The third-order valence-electron chi connectivity index (χ3n) is 4.33. The molecule has 1 aliphatic heterocycles. The van der Waals surface area contributed by atoms with Gasteiger partial charge in [-0.05, 0) is 31.0 Å². The van der Waals surface area contributed by atoms with E-state index in [0.29, 0.717) is 6.04 Å². The van der Waals surface area contributed by atoms with Gasteiger partial charge < -0.3 is 9.47 Å². The van der Waals surface area contributed by atoms with Gasteiger partial charge in [-0.15, -0.1) is 11.8 Å². The molecule has 1 aliphatic rings. The van der Waals surface area contributed by atoms with E-state index in [1.165, 1.54) is 17.9 Å². The van der Waals surface area contributed by atoms with E-state index < -0.39 is 0 Å².